The van der Waals surface area contributed by atoms with Gasteiger partial charge in [-0.2, -0.15) is 5.10 Å². The van der Waals surface area contributed by atoms with E-state index in [0.29, 0.717) is 24.1 Å². The molecule has 2 aromatic carbocycles. The molecule has 0 amide bonds. The first-order valence-corrected chi connectivity index (χ1v) is 11.1. The third-order valence-corrected chi connectivity index (χ3v) is 6.07. The van der Waals surface area contributed by atoms with E-state index in [-0.39, 0.29) is 0 Å². The highest BCUT2D eigenvalue weighted by molar-refractivity contribution is 6.31. The van der Waals surface area contributed by atoms with E-state index in [1.54, 1.807) is 7.05 Å². The molecule has 3 heterocycles. The summed E-state index contributed by atoms with van der Waals surface area (Å²) in [6.07, 6.45) is 1.86. The lowest BCUT2D eigenvalue weighted by Crippen LogP contribution is -2.36. The molecule has 5 rings (SSSR count). The van der Waals surface area contributed by atoms with Crippen LogP contribution in [0.3, 0.4) is 0 Å². The summed E-state index contributed by atoms with van der Waals surface area (Å²) >= 11 is 6.23. The number of halogens is 1. The molecule has 9 heteroatoms. The van der Waals surface area contributed by atoms with Crippen molar-refractivity contribution in [3.05, 3.63) is 59.0 Å². The summed E-state index contributed by atoms with van der Waals surface area (Å²) in [4.78, 5) is 16.3. The number of amidine groups is 1. The zero-order valence-electron chi connectivity index (χ0n) is 18.5. The summed E-state index contributed by atoms with van der Waals surface area (Å²) in [5, 5.41) is 5.49. The normalized spacial score (nSPS) is 14.8. The van der Waals surface area contributed by atoms with E-state index in [9.17, 15) is 0 Å². The summed E-state index contributed by atoms with van der Waals surface area (Å²) in [6, 6.07) is 12.1. The monoisotopic (exact) mass is 461 g/mol. The maximum atomic E-state index is 6.23. The molecule has 2 aromatic heterocycles. The second kappa shape index (κ2) is 8.80. The molecule has 0 aliphatic carbocycles. The SMILES string of the molecule is C=NNC(=NC)c1cc(N2CCOCC2)cc2c1nc(C)n2-c1cnc2ccc(Cl)cc2c1. The van der Waals surface area contributed by atoms with Crippen LogP contribution in [0, 0.1) is 6.92 Å². The van der Waals surface area contributed by atoms with Gasteiger partial charge < -0.3 is 9.64 Å². The maximum Gasteiger partial charge on any atom is 0.150 e. The standard InChI is InChI=1S/C24H24ClN7O/c1-15-29-23-20(24(26-2)30-27-3)12-18(31-6-8-33-9-7-31)13-22(23)32(15)19-11-16-10-17(25)4-5-21(16)28-14-19/h4-5,10-14H,3,6-9H2,1-2H3,(H,26,30). The smallest absolute Gasteiger partial charge is 0.150 e. The van der Waals surface area contributed by atoms with Gasteiger partial charge in [0.1, 0.15) is 11.3 Å². The fourth-order valence-corrected chi connectivity index (χ4v) is 4.49. The number of anilines is 1. The first kappa shape index (κ1) is 21.4. The van der Waals surface area contributed by atoms with Gasteiger partial charge in [-0.15, -0.1) is 0 Å². The van der Waals surface area contributed by atoms with E-state index in [4.69, 9.17) is 21.3 Å². The summed E-state index contributed by atoms with van der Waals surface area (Å²) in [5.74, 6) is 1.45. The molecule has 1 fully saturated rings. The Morgan fingerprint density at radius 2 is 1.97 bits per heavy atom. The number of ether oxygens (including phenoxy) is 1. The fourth-order valence-electron chi connectivity index (χ4n) is 4.31. The van der Waals surface area contributed by atoms with E-state index < -0.39 is 0 Å². The Morgan fingerprint density at radius 3 is 2.73 bits per heavy atom. The molecule has 4 aromatic rings. The molecule has 168 valence electrons. The predicted octanol–water partition coefficient (Wildman–Crippen LogP) is 3.95. The van der Waals surface area contributed by atoms with Gasteiger partial charge >= 0.3 is 0 Å². The van der Waals surface area contributed by atoms with Gasteiger partial charge in [-0.3, -0.25) is 20.0 Å². The molecule has 1 saturated heterocycles. The number of benzene rings is 2. The first-order chi connectivity index (χ1) is 16.1. The first-order valence-electron chi connectivity index (χ1n) is 10.7. The van der Waals surface area contributed by atoms with Crippen LogP contribution in [0.2, 0.25) is 5.02 Å². The Balaban J connectivity index is 1.76. The lowest BCUT2D eigenvalue weighted by atomic mass is 10.1. The van der Waals surface area contributed by atoms with Crippen LogP contribution in [0.4, 0.5) is 5.69 Å². The number of nitrogens with one attached hydrogen (secondary N) is 1. The third kappa shape index (κ3) is 3.92. The maximum absolute atomic E-state index is 6.23. The van der Waals surface area contributed by atoms with Gasteiger partial charge in [0.15, 0.2) is 5.84 Å². The summed E-state index contributed by atoms with van der Waals surface area (Å²) in [6.45, 7) is 8.58. The zero-order chi connectivity index (χ0) is 22.9. The number of hydrogen-bond donors (Lipinski definition) is 1. The van der Waals surface area contributed by atoms with Crippen molar-refractivity contribution in [3.63, 3.8) is 0 Å². The van der Waals surface area contributed by atoms with Crippen LogP contribution in [-0.4, -0.2) is 60.4 Å². The molecule has 1 N–H and O–H groups in total. The van der Waals surface area contributed by atoms with E-state index in [0.717, 1.165) is 57.8 Å². The zero-order valence-corrected chi connectivity index (χ0v) is 19.3. The van der Waals surface area contributed by atoms with Crippen molar-refractivity contribution in [2.45, 2.75) is 6.92 Å². The van der Waals surface area contributed by atoms with Gasteiger partial charge in [0.05, 0.1) is 36.1 Å². The minimum absolute atomic E-state index is 0.609. The van der Waals surface area contributed by atoms with Crippen molar-refractivity contribution in [2.75, 3.05) is 38.3 Å². The van der Waals surface area contributed by atoms with E-state index in [2.05, 4.69) is 54.9 Å². The number of aromatic nitrogens is 3. The van der Waals surface area contributed by atoms with Crippen LogP contribution in [0.5, 0.6) is 0 Å². The molecule has 1 aliphatic rings. The minimum Gasteiger partial charge on any atom is -0.378 e. The van der Waals surface area contributed by atoms with E-state index in [1.165, 1.54) is 0 Å². The van der Waals surface area contributed by atoms with E-state index in [1.807, 2.05) is 31.3 Å². The molecule has 1 aliphatic heterocycles. The molecular weight excluding hydrogens is 438 g/mol. The van der Waals surface area contributed by atoms with Crippen molar-refractivity contribution < 1.29 is 4.74 Å². The van der Waals surface area contributed by atoms with Crippen LogP contribution in [-0.2, 0) is 4.74 Å². The molecule has 0 bridgehead atoms. The van der Waals surface area contributed by atoms with Crippen LogP contribution in [0.1, 0.15) is 11.4 Å². The largest absolute Gasteiger partial charge is 0.378 e. The number of imidazole rings is 1. The highest BCUT2D eigenvalue weighted by atomic mass is 35.5. The number of hydrogen-bond acceptors (Lipinski definition) is 6. The van der Waals surface area contributed by atoms with Crippen molar-refractivity contribution in [2.24, 2.45) is 10.1 Å². The van der Waals surface area contributed by atoms with Gasteiger partial charge in [0.25, 0.3) is 0 Å². The predicted molar refractivity (Wildman–Crippen MR) is 134 cm³/mol. The topological polar surface area (TPSA) is 79.9 Å². The van der Waals surface area contributed by atoms with Crippen LogP contribution >= 0.6 is 11.6 Å². The quantitative estimate of drug-likeness (QED) is 0.283. The van der Waals surface area contributed by atoms with Crippen molar-refractivity contribution >= 4 is 51.8 Å². The Hall–Kier alpha value is -3.49. The number of morpholine rings is 1. The Morgan fingerprint density at radius 1 is 1.15 bits per heavy atom. The number of fused-ring (bicyclic) bond motifs is 2. The van der Waals surface area contributed by atoms with Crippen molar-refractivity contribution in [3.8, 4) is 5.69 Å². The second-order valence-electron chi connectivity index (χ2n) is 7.83. The molecular formula is C24H24ClN7O. The lowest BCUT2D eigenvalue weighted by molar-refractivity contribution is 0.122. The van der Waals surface area contributed by atoms with Gasteiger partial charge in [0, 0.05) is 48.5 Å². The number of aliphatic imine (C=N–C) groups is 1. The molecule has 0 unspecified atom stereocenters. The number of pyridine rings is 1. The average Bonchev–Trinajstić information content (AvgIpc) is 3.17. The van der Waals surface area contributed by atoms with Gasteiger partial charge in [-0.25, -0.2) is 4.98 Å². The average molecular weight is 462 g/mol. The highest BCUT2D eigenvalue weighted by Gasteiger charge is 2.21. The molecule has 0 atom stereocenters. The van der Waals surface area contributed by atoms with Gasteiger partial charge in [-0.05, 0) is 43.3 Å². The molecule has 0 saturated carbocycles. The third-order valence-electron chi connectivity index (χ3n) is 5.84. The van der Waals surface area contributed by atoms with Gasteiger partial charge in [0.2, 0.25) is 0 Å². The number of hydrazone groups is 1. The molecule has 8 nitrogen and oxygen atoms in total. The van der Waals surface area contributed by atoms with Gasteiger partial charge in [-0.1, -0.05) is 11.6 Å². The Labute approximate surface area is 196 Å². The molecule has 0 spiro atoms. The number of aryl methyl sites for hydroxylation is 1. The Bertz CT molecular complexity index is 1390. The van der Waals surface area contributed by atoms with E-state index >= 15 is 0 Å². The van der Waals surface area contributed by atoms with Crippen LogP contribution < -0.4 is 10.3 Å². The van der Waals surface area contributed by atoms with Crippen LogP contribution in [0.15, 0.2) is 52.7 Å². The summed E-state index contributed by atoms with van der Waals surface area (Å²) in [5.41, 5.74) is 8.45. The highest BCUT2D eigenvalue weighted by Crippen LogP contribution is 2.31. The molecule has 0 radical (unpaired) electrons. The molecule has 33 heavy (non-hydrogen) atoms. The summed E-state index contributed by atoms with van der Waals surface area (Å²) in [7, 11) is 1.72. The number of nitrogens with zero attached hydrogens (tertiary/aromatic N) is 6. The summed E-state index contributed by atoms with van der Waals surface area (Å²) < 4.78 is 7.67. The number of rotatable bonds is 4. The van der Waals surface area contributed by atoms with Crippen molar-refractivity contribution in [1.82, 2.24) is 20.0 Å². The lowest BCUT2D eigenvalue weighted by Gasteiger charge is -2.29. The fraction of sp³-hybridized carbons (Fsp3) is 0.250. The van der Waals surface area contributed by atoms with Crippen molar-refractivity contribution in [1.29, 1.82) is 0 Å². The Kier molecular flexibility index (Phi) is 5.70. The van der Waals surface area contributed by atoms with Crippen LogP contribution in [0.25, 0.3) is 27.6 Å². The second-order valence-corrected chi connectivity index (χ2v) is 8.26. The minimum atomic E-state index is 0.609.